The van der Waals surface area contributed by atoms with E-state index in [2.05, 4.69) is 0 Å². The molecule has 0 spiro atoms. The summed E-state index contributed by atoms with van der Waals surface area (Å²) in [6.07, 6.45) is 7.47. The molecular weight excluding hydrogens is 432 g/mol. The first-order valence-electron chi connectivity index (χ1n) is 13.5. The molecule has 2 aliphatic carbocycles. The standard InChI is InChI=1S/C26H44N4O4/c1-16(2)34-26(33)29-14-17(3)30(18(4)31)23-10-9-21(13-24(23)29)19-5-7-20(8-6-19)25(32)28-12-11-22(27)15-28/h16-17,19-24H,5-15,27H2,1-4H3/t17-,19?,20?,21?,22-,23?,24?/m0/s1. The van der Waals surface area contributed by atoms with E-state index in [0.29, 0.717) is 30.8 Å². The first kappa shape index (κ1) is 25.3. The summed E-state index contributed by atoms with van der Waals surface area (Å²) in [7, 11) is 0. The lowest BCUT2D eigenvalue weighted by molar-refractivity contribution is -0.142. The first-order valence-corrected chi connectivity index (χ1v) is 13.5. The van der Waals surface area contributed by atoms with Crippen molar-refractivity contribution in [3.05, 3.63) is 0 Å². The van der Waals surface area contributed by atoms with E-state index in [1.165, 1.54) is 0 Å². The molecule has 0 bridgehead atoms. The summed E-state index contributed by atoms with van der Waals surface area (Å²) in [6.45, 7) is 9.47. The maximum atomic E-state index is 13.0. The molecule has 34 heavy (non-hydrogen) atoms. The zero-order valence-electron chi connectivity index (χ0n) is 21.4. The number of likely N-dealkylation sites (tertiary alicyclic amines) is 1. The molecule has 0 aromatic heterocycles. The van der Waals surface area contributed by atoms with Gasteiger partial charge in [-0.25, -0.2) is 4.79 Å². The Morgan fingerprint density at radius 2 is 1.59 bits per heavy atom. The van der Waals surface area contributed by atoms with E-state index in [1.54, 1.807) is 6.92 Å². The van der Waals surface area contributed by atoms with Crippen LogP contribution < -0.4 is 5.73 Å². The highest BCUT2D eigenvalue weighted by molar-refractivity contribution is 5.79. The number of hydrogen-bond acceptors (Lipinski definition) is 5. The van der Waals surface area contributed by atoms with E-state index in [-0.39, 0.29) is 48.2 Å². The van der Waals surface area contributed by atoms with Crippen molar-refractivity contribution in [2.24, 2.45) is 23.5 Å². The van der Waals surface area contributed by atoms with Gasteiger partial charge in [0.25, 0.3) is 0 Å². The molecule has 0 radical (unpaired) electrons. The first-order chi connectivity index (χ1) is 16.2. The average molecular weight is 477 g/mol. The molecule has 192 valence electrons. The fraction of sp³-hybridized carbons (Fsp3) is 0.885. The van der Waals surface area contributed by atoms with E-state index in [9.17, 15) is 14.4 Å². The van der Waals surface area contributed by atoms with E-state index in [0.717, 1.165) is 57.9 Å². The molecule has 2 N–H and O–H groups in total. The fourth-order valence-corrected chi connectivity index (χ4v) is 7.19. The minimum Gasteiger partial charge on any atom is -0.447 e. The van der Waals surface area contributed by atoms with Crippen molar-refractivity contribution < 1.29 is 19.1 Å². The highest BCUT2D eigenvalue weighted by atomic mass is 16.6. The third-order valence-corrected chi connectivity index (χ3v) is 8.77. The molecule has 4 fully saturated rings. The van der Waals surface area contributed by atoms with Gasteiger partial charge in [-0.2, -0.15) is 0 Å². The maximum Gasteiger partial charge on any atom is 0.410 e. The molecule has 4 aliphatic rings. The van der Waals surface area contributed by atoms with Crippen molar-refractivity contribution in [3.63, 3.8) is 0 Å². The zero-order chi connectivity index (χ0) is 24.6. The van der Waals surface area contributed by atoms with E-state index < -0.39 is 0 Å². The molecular formula is C26H44N4O4. The van der Waals surface area contributed by atoms with E-state index >= 15 is 0 Å². The Labute approximate surface area is 204 Å². The summed E-state index contributed by atoms with van der Waals surface area (Å²) in [5.74, 6) is 1.64. The van der Waals surface area contributed by atoms with Crippen LogP contribution in [0.4, 0.5) is 4.79 Å². The summed E-state index contributed by atoms with van der Waals surface area (Å²) in [6, 6.07) is 0.203. The maximum absolute atomic E-state index is 13.0. The second kappa shape index (κ2) is 10.4. The molecule has 3 unspecified atom stereocenters. The van der Waals surface area contributed by atoms with Gasteiger partial charge >= 0.3 is 6.09 Å². The van der Waals surface area contributed by atoms with Crippen LogP contribution in [0.1, 0.15) is 79.1 Å². The third-order valence-electron chi connectivity index (χ3n) is 8.77. The van der Waals surface area contributed by atoms with Crippen LogP contribution in [0.25, 0.3) is 0 Å². The minimum atomic E-state index is -0.251. The Kier molecular flexibility index (Phi) is 7.75. The smallest absolute Gasteiger partial charge is 0.410 e. The number of nitrogens with zero attached hydrogens (tertiary/aromatic N) is 3. The lowest BCUT2D eigenvalue weighted by Gasteiger charge is -2.54. The topological polar surface area (TPSA) is 96.2 Å². The van der Waals surface area contributed by atoms with Gasteiger partial charge in [-0.15, -0.1) is 0 Å². The summed E-state index contributed by atoms with van der Waals surface area (Å²) in [4.78, 5) is 44.3. The molecule has 3 amide bonds. The predicted molar refractivity (Wildman–Crippen MR) is 130 cm³/mol. The van der Waals surface area contributed by atoms with Gasteiger partial charge in [0.2, 0.25) is 11.8 Å². The van der Waals surface area contributed by atoms with Crippen molar-refractivity contribution in [3.8, 4) is 0 Å². The van der Waals surface area contributed by atoms with Crippen LogP contribution in [0.2, 0.25) is 0 Å². The molecule has 0 aromatic rings. The average Bonchev–Trinajstić information content (AvgIpc) is 3.23. The SMILES string of the molecule is CC(=O)N1C2CCC(C3CCC(C(=O)N4CC[C@H](N)C4)CC3)CC2N(C(=O)OC(C)C)C[C@@H]1C. The van der Waals surface area contributed by atoms with Crippen LogP contribution in [0.15, 0.2) is 0 Å². The fourth-order valence-electron chi connectivity index (χ4n) is 7.19. The Balaban J connectivity index is 1.40. The van der Waals surface area contributed by atoms with Crippen LogP contribution in [0.5, 0.6) is 0 Å². The highest BCUT2D eigenvalue weighted by Crippen LogP contribution is 2.44. The number of rotatable bonds is 3. The summed E-state index contributed by atoms with van der Waals surface area (Å²) >= 11 is 0. The van der Waals surface area contributed by atoms with Crippen molar-refractivity contribution in [1.82, 2.24) is 14.7 Å². The Morgan fingerprint density at radius 3 is 2.18 bits per heavy atom. The van der Waals surface area contributed by atoms with Gasteiger partial charge in [-0.3, -0.25) is 9.59 Å². The van der Waals surface area contributed by atoms with Gasteiger partial charge in [0, 0.05) is 44.6 Å². The monoisotopic (exact) mass is 476 g/mol. The van der Waals surface area contributed by atoms with E-state index in [1.807, 2.05) is 35.5 Å². The number of ether oxygens (including phenoxy) is 1. The lowest BCUT2D eigenvalue weighted by Crippen LogP contribution is -2.67. The Hall–Kier alpha value is -1.83. The molecule has 8 nitrogen and oxygen atoms in total. The van der Waals surface area contributed by atoms with Crippen LogP contribution in [0, 0.1) is 17.8 Å². The molecule has 4 rings (SSSR count). The number of hydrogen-bond donors (Lipinski definition) is 1. The van der Waals surface area contributed by atoms with Crippen molar-refractivity contribution >= 4 is 17.9 Å². The second-order valence-corrected chi connectivity index (χ2v) is 11.5. The Bertz CT molecular complexity index is 766. The summed E-state index contributed by atoms with van der Waals surface area (Å²) in [5.41, 5.74) is 6.01. The number of carbonyl (C=O) groups is 3. The number of carbonyl (C=O) groups excluding carboxylic acids is 3. The van der Waals surface area contributed by atoms with Crippen LogP contribution in [0.3, 0.4) is 0 Å². The quantitative estimate of drug-likeness (QED) is 0.676. The van der Waals surface area contributed by atoms with Crippen molar-refractivity contribution in [2.45, 2.75) is 109 Å². The number of piperazine rings is 1. The molecule has 2 aliphatic heterocycles. The molecule has 8 heteroatoms. The Morgan fingerprint density at radius 1 is 0.912 bits per heavy atom. The molecule has 5 atom stereocenters. The van der Waals surface area contributed by atoms with Crippen LogP contribution in [-0.2, 0) is 14.3 Å². The largest absolute Gasteiger partial charge is 0.447 e. The van der Waals surface area contributed by atoms with Gasteiger partial charge < -0.3 is 25.2 Å². The van der Waals surface area contributed by atoms with Crippen molar-refractivity contribution in [2.75, 3.05) is 19.6 Å². The summed E-state index contributed by atoms with van der Waals surface area (Å²) in [5, 5.41) is 0. The van der Waals surface area contributed by atoms with Crippen LogP contribution in [-0.4, -0.2) is 82.5 Å². The molecule has 0 aromatic carbocycles. The molecule has 2 saturated carbocycles. The number of nitrogens with two attached hydrogens (primary N) is 1. The minimum absolute atomic E-state index is 0.00447. The lowest BCUT2D eigenvalue weighted by atomic mass is 9.68. The normalized spacial score (nSPS) is 36.4. The number of amides is 3. The van der Waals surface area contributed by atoms with Gasteiger partial charge in [0.1, 0.15) is 0 Å². The zero-order valence-corrected chi connectivity index (χ0v) is 21.4. The summed E-state index contributed by atoms with van der Waals surface area (Å²) < 4.78 is 5.59. The van der Waals surface area contributed by atoms with E-state index in [4.69, 9.17) is 10.5 Å². The van der Waals surface area contributed by atoms with Gasteiger partial charge in [-0.05, 0) is 84.0 Å². The van der Waals surface area contributed by atoms with Gasteiger partial charge in [-0.1, -0.05) is 0 Å². The van der Waals surface area contributed by atoms with Gasteiger partial charge in [0.05, 0.1) is 18.2 Å². The second-order valence-electron chi connectivity index (χ2n) is 11.5. The third kappa shape index (κ3) is 5.21. The highest BCUT2D eigenvalue weighted by Gasteiger charge is 2.48. The predicted octanol–water partition coefficient (Wildman–Crippen LogP) is 2.99. The van der Waals surface area contributed by atoms with Crippen molar-refractivity contribution in [1.29, 1.82) is 0 Å². The molecule has 2 saturated heterocycles. The van der Waals surface area contributed by atoms with Crippen LogP contribution >= 0.6 is 0 Å². The van der Waals surface area contributed by atoms with Gasteiger partial charge in [0.15, 0.2) is 0 Å². The molecule has 2 heterocycles. The number of fused-ring (bicyclic) bond motifs is 1.